The predicted molar refractivity (Wildman–Crippen MR) is 91.7 cm³/mol. The first-order valence-corrected chi connectivity index (χ1v) is 7.76. The second-order valence-corrected chi connectivity index (χ2v) is 4.08. The summed E-state index contributed by atoms with van der Waals surface area (Å²) < 4.78 is 5.17. The molecule has 0 unspecified atom stereocenters. The zero-order valence-corrected chi connectivity index (χ0v) is 13.7. The molecule has 1 aliphatic heterocycles. The normalized spacial score (nSPS) is 16.9. The average Bonchev–Trinajstić information content (AvgIpc) is 3.23. The van der Waals surface area contributed by atoms with Gasteiger partial charge >= 0.3 is 5.97 Å². The summed E-state index contributed by atoms with van der Waals surface area (Å²) in [6.07, 6.45) is 8.59. The van der Waals surface area contributed by atoms with Crippen molar-refractivity contribution in [3.8, 4) is 0 Å². The van der Waals surface area contributed by atoms with E-state index in [1.54, 1.807) is 6.08 Å². The molecule has 1 aromatic carbocycles. The molecular weight excluding hydrogens is 274 g/mol. The first-order valence-electron chi connectivity index (χ1n) is 7.76. The van der Waals surface area contributed by atoms with Gasteiger partial charge in [0.15, 0.2) is 5.70 Å². The molecule has 3 heteroatoms. The summed E-state index contributed by atoms with van der Waals surface area (Å²) in [6, 6.07) is 9.41. The molecule has 0 radical (unpaired) electrons. The maximum atomic E-state index is 11.7. The number of aliphatic imine (C=N–C) groups is 1. The summed E-state index contributed by atoms with van der Waals surface area (Å²) in [6.45, 7) is 8.00. The van der Waals surface area contributed by atoms with Crippen molar-refractivity contribution in [2.75, 3.05) is 0 Å². The van der Waals surface area contributed by atoms with Crippen LogP contribution in [0.25, 0.3) is 0 Å². The Labute approximate surface area is 132 Å². The Morgan fingerprint density at radius 1 is 1.09 bits per heavy atom. The largest absolute Gasteiger partial charge is 0.402 e. The summed E-state index contributed by atoms with van der Waals surface area (Å²) in [5.74, 6) is -0.0138. The number of carbonyl (C=O) groups excluding carboxylic acids is 1. The smallest absolute Gasteiger partial charge is 0.363 e. The fourth-order valence-corrected chi connectivity index (χ4v) is 1.86. The van der Waals surface area contributed by atoms with Crippen LogP contribution in [0.4, 0.5) is 0 Å². The van der Waals surface area contributed by atoms with Gasteiger partial charge in [-0.25, -0.2) is 9.79 Å². The number of hydrogen-bond acceptors (Lipinski definition) is 3. The number of rotatable bonds is 2. The van der Waals surface area contributed by atoms with E-state index in [1.807, 2.05) is 76.3 Å². The van der Waals surface area contributed by atoms with Crippen LogP contribution in [-0.4, -0.2) is 11.9 Å². The Bertz CT molecular complexity index is 608. The number of carbonyl (C=O) groups is 1. The number of hydrogen-bond donors (Lipinski definition) is 0. The SMILES string of the molecule is CC.CC.O=C1OC(c2ccccc2)=N/C1=C\C1=CC=CC1. The van der Waals surface area contributed by atoms with Gasteiger partial charge in [0.1, 0.15) is 0 Å². The third-order valence-corrected chi connectivity index (χ3v) is 2.76. The first-order chi connectivity index (χ1) is 10.8. The molecule has 0 atom stereocenters. The van der Waals surface area contributed by atoms with Gasteiger partial charge in [0, 0.05) is 5.56 Å². The fourth-order valence-electron chi connectivity index (χ4n) is 1.86. The Kier molecular flexibility index (Phi) is 7.62. The topological polar surface area (TPSA) is 38.7 Å². The molecule has 0 bridgehead atoms. The summed E-state index contributed by atoms with van der Waals surface area (Å²) in [5.41, 5.74) is 2.25. The van der Waals surface area contributed by atoms with Gasteiger partial charge in [0.25, 0.3) is 0 Å². The molecule has 0 saturated carbocycles. The highest BCUT2D eigenvalue weighted by molar-refractivity contribution is 6.11. The molecule has 0 aromatic heterocycles. The van der Waals surface area contributed by atoms with Crippen molar-refractivity contribution in [2.24, 2.45) is 4.99 Å². The Morgan fingerprint density at radius 3 is 2.36 bits per heavy atom. The highest BCUT2D eigenvalue weighted by atomic mass is 16.6. The van der Waals surface area contributed by atoms with Crippen LogP contribution in [0.2, 0.25) is 0 Å². The van der Waals surface area contributed by atoms with Gasteiger partial charge in [-0.2, -0.15) is 0 Å². The lowest BCUT2D eigenvalue weighted by Crippen LogP contribution is -2.05. The van der Waals surface area contributed by atoms with Crippen molar-refractivity contribution in [3.05, 3.63) is 71.5 Å². The van der Waals surface area contributed by atoms with E-state index in [0.29, 0.717) is 11.6 Å². The van der Waals surface area contributed by atoms with Gasteiger partial charge in [0.05, 0.1) is 0 Å². The van der Waals surface area contributed by atoms with Crippen LogP contribution >= 0.6 is 0 Å². The third-order valence-electron chi connectivity index (χ3n) is 2.76. The molecule has 1 heterocycles. The number of nitrogens with zero attached hydrogens (tertiary/aromatic N) is 1. The van der Waals surface area contributed by atoms with Gasteiger partial charge in [-0.05, 0) is 30.2 Å². The Hall–Kier alpha value is -2.42. The molecule has 0 fully saturated rings. The summed E-state index contributed by atoms with van der Waals surface area (Å²) in [7, 11) is 0. The lowest BCUT2D eigenvalue weighted by molar-refractivity contribution is -0.130. The molecule has 0 N–H and O–H groups in total. The van der Waals surface area contributed by atoms with E-state index in [4.69, 9.17) is 4.74 Å². The lowest BCUT2D eigenvalue weighted by atomic mass is 10.2. The molecular formula is C19H23NO2. The van der Waals surface area contributed by atoms with E-state index in [0.717, 1.165) is 17.6 Å². The van der Waals surface area contributed by atoms with Gasteiger partial charge in [-0.1, -0.05) is 64.1 Å². The van der Waals surface area contributed by atoms with Gasteiger partial charge < -0.3 is 4.74 Å². The van der Waals surface area contributed by atoms with Crippen LogP contribution in [0.15, 0.2) is 70.9 Å². The van der Waals surface area contributed by atoms with E-state index in [2.05, 4.69) is 4.99 Å². The standard InChI is InChI=1S/C15H11NO2.2C2H6/c17-15-13(10-11-6-4-5-7-11)16-14(18-15)12-8-2-1-3-9-12;2*1-2/h1-6,8-10H,7H2;2*1-2H3/b13-10-;;. The minimum atomic E-state index is -0.387. The van der Waals surface area contributed by atoms with E-state index in [9.17, 15) is 4.79 Å². The Balaban J connectivity index is 0.000000561. The van der Waals surface area contributed by atoms with Crippen molar-refractivity contribution >= 4 is 11.9 Å². The molecule has 0 saturated heterocycles. The number of cyclic esters (lactones) is 1. The predicted octanol–water partition coefficient (Wildman–Crippen LogP) is 4.81. The number of allylic oxidation sites excluding steroid dienone is 5. The number of ether oxygens (including phenoxy) is 1. The zero-order chi connectivity index (χ0) is 16.4. The number of esters is 1. The molecule has 1 aliphatic carbocycles. The summed E-state index contributed by atoms with van der Waals surface area (Å²) in [4.78, 5) is 15.9. The van der Waals surface area contributed by atoms with Crippen LogP contribution < -0.4 is 0 Å². The highest BCUT2D eigenvalue weighted by Gasteiger charge is 2.24. The monoisotopic (exact) mass is 297 g/mol. The molecule has 2 aliphatic rings. The molecule has 0 amide bonds. The zero-order valence-electron chi connectivity index (χ0n) is 13.7. The summed E-state index contributed by atoms with van der Waals surface area (Å²) >= 11 is 0. The molecule has 1 aromatic rings. The van der Waals surface area contributed by atoms with Crippen molar-refractivity contribution in [1.29, 1.82) is 0 Å². The molecule has 3 nitrogen and oxygen atoms in total. The van der Waals surface area contributed by atoms with Gasteiger partial charge in [-0.15, -0.1) is 0 Å². The Morgan fingerprint density at radius 2 is 1.77 bits per heavy atom. The van der Waals surface area contributed by atoms with Gasteiger partial charge in [-0.3, -0.25) is 0 Å². The maximum absolute atomic E-state index is 11.7. The number of benzene rings is 1. The van der Waals surface area contributed by atoms with Crippen LogP contribution in [0.1, 0.15) is 39.7 Å². The molecule has 3 rings (SSSR count). The highest BCUT2D eigenvalue weighted by Crippen LogP contribution is 2.20. The van der Waals surface area contributed by atoms with Gasteiger partial charge in [0.2, 0.25) is 5.90 Å². The molecule has 116 valence electrons. The molecule has 22 heavy (non-hydrogen) atoms. The van der Waals surface area contributed by atoms with Crippen molar-refractivity contribution in [3.63, 3.8) is 0 Å². The van der Waals surface area contributed by atoms with E-state index < -0.39 is 0 Å². The average molecular weight is 297 g/mol. The fraction of sp³-hybridized carbons (Fsp3) is 0.263. The third kappa shape index (κ3) is 4.55. The lowest BCUT2D eigenvalue weighted by Gasteiger charge is -1.97. The second-order valence-electron chi connectivity index (χ2n) is 4.08. The molecule has 0 spiro atoms. The van der Waals surface area contributed by atoms with E-state index in [1.165, 1.54) is 0 Å². The van der Waals surface area contributed by atoms with Crippen molar-refractivity contribution in [2.45, 2.75) is 34.1 Å². The van der Waals surface area contributed by atoms with Crippen LogP contribution in [0.5, 0.6) is 0 Å². The minimum Gasteiger partial charge on any atom is -0.402 e. The second kappa shape index (κ2) is 9.50. The van der Waals surface area contributed by atoms with E-state index >= 15 is 0 Å². The minimum absolute atomic E-state index is 0.365. The summed E-state index contributed by atoms with van der Waals surface area (Å²) in [5, 5.41) is 0. The maximum Gasteiger partial charge on any atom is 0.363 e. The van der Waals surface area contributed by atoms with Crippen LogP contribution in [0.3, 0.4) is 0 Å². The van der Waals surface area contributed by atoms with Crippen LogP contribution in [-0.2, 0) is 9.53 Å². The van der Waals surface area contributed by atoms with Crippen LogP contribution in [0, 0.1) is 0 Å². The first kappa shape index (κ1) is 17.6. The van der Waals surface area contributed by atoms with E-state index in [-0.39, 0.29) is 5.97 Å². The quantitative estimate of drug-likeness (QED) is 0.580. The van der Waals surface area contributed by atoms with Crippen molar-refractivity contribution < 1.29 is 9.53 Å². The van der Waals surface area contributed by atoms with Crippen molar-refractivity contribution in [1.82, 2.24) is 0 Å².